The minimum Gasteiger partial charge on any atom is -0.352 e. The van der Waals surface area contributed by atoms with E-state index in [9.17, 15) is 9.59 Å². The Balaban J connectivity index is 1.73. The standard InChI is InChI=1S/C22H28N4O2/c1-16(27)24-13-17-6-3-8-19(12-17)20-9-4-10-23-21(20)22(28)25-14-18-7-5-11-26(2)15-18/h3-4,6,8-10,12,18H,5,7,11,13-15H2,1-2H3,(H,24,27)(H,25,28). The van der Waals surface area contributed by atoms with E-state index in [1.165, 1.54) is 13.3 Å². The summed E-state index contributed by atoms with van der Waals surface area (Å²) in [6, 6.07) is 11.6. The number of pyridine rings is 1. The third-order valence-corrected chi connectivity index (χ3v) is 5.08. The van der Waals surface area contributed by atoms with Gasteiger partial charge in [-0.3, -0.25) is 14.6 Å². The molecular formula is C22H28N4O2. The highest BCUT2D eigenvalue weighted by Gasteiger charge is 2.20. The lowest BCUT2D eigenvalue weighted by atomic mass is 9.98. The van der Waals surface area contributed by atoms with Crippen LogP contribution >= 0.6 is 0 Å². The zero-order chi connectivity index (χ0) is 19.9. The number of nitrogens with zero attached hydrogens (tertiary/aromatic N) is 2. The highest BCUT2D eigenvalue weighted by atomic mass is 16.2. The largest absolute Gasteiger partial charge is 0.352 e. The zero-order valence-electron chi connectivity index (χ0n) is 16.6. The molecule has 0 aliphatic carbocycles. The number of nitrogens with one attached hydrogen (secondary N) is 2. The molecule has 1 aliphatic rings. The molecule has 6 nitrogen and oxygen atoms in total. The van der Waals surface area contributed by atoms with Crippen molar-refractivity contribution in [1.29, 1.82) is 0 Å². The Kier molecular flexibility index (Phi) is 6.76. The van der Waals surface area contributed by atoms with Gasteiger partial charge < -0.3 is 15.5 Å². The topological polar surface area (TPSA) is 74.3 Å². The van der Waals surface area contributed by atoms with E-state index >= 15 is 0 Å². The number of piperidine rings is 1. The minimum atomic E-state index is -0.143. The molecule has 28 heavy (non-hydrogen) atoms. The maximum atomic E-state index is 12.8. The summed E-state index contributed by atoms with van der Waals surface area (Å²) in [7, 11) is 2.12. The van der Waals surface area contributed by atoms with Gasteiger partial charge in [-0.1, -0.05) is 24.3 Å². The molecule has 6 heteroatoms. The van der Waals surface area contributed by atoms with Crippen molar-refractivity contribution >= 4 is 11.8 Å². The highest BCUT2D eigenvalue weighted by Crippen LogP contribution is 2.23. The molecule has 0 radical (unpaired) electrons. The molecule has 2 N–H and O–H groups in total. The van der Waals surface area contributed by atoms with E-state index in [1.54, 1.807) is 6.20 Å². The maximum absolute atomic E-state index is 12.8. The van der Waals surface area contributed by atoms with Crippen molar-refractivity contribution in [3.63, 3.8) is 0 Å². The van der Waals surface area contributed by atoms with E-state index in [2.05, 4.69) is 27.6 Å². The molecule has 2 aromatic rings. The molecule has 3 rings (SSSR count). The number of likely N-dealkylation sites (tertiary alicyclic amines) is 1. The van der Waals surface area contributed by atoms with Crippen LogP contribution in [-0.2, 0) is 11.3 Å². The number of rotatable bonds is 6. The molecule has 1 aromatic carbocycles. The van der Waals surface area contributed by atoms with Crippen LogP contribution in [0.15, 0.2) is 42.6 Å². The first-order valence-electron chi connectivity index (χ1n) is 9.78. The summed E-state index contributed by atoms with van der Waals surface area (Å²) in [6.07, 6.45) is 3.96. The predicted octanol–water partition coefficient (Wildman–Crippen LogP) is 2.46. The van der Waals surface area contributed by atoms with Gasteiger partial charge in [-0.2, -0.15) is 0 Å². The van der Waals surface area contributed by atoms with Gasteiger partial charge in [0.25, 0.3) is 5.91 Å². The predicted molar refractivity (Wildman–Crippen MR) is 110 cm³/mol. The average Bonchev–Trinajstić information content (AvgIpc) is 2.71. The van der Waals surface area contributed by atoms with Crippen LogP contribution in [0.1, 0.15) is 35.8 Å². The first-order valence-corrected chi connectivity index (χ1v) is 9.78. The molecule has 2 heterocycles. The van der Waals surface area contributed by atoms with E-state index in [4.69, 9.17) is 0 Å². The van der Waals surface area contributed by atoms with Crippen molar-refractivity contribution in [1.82, 2.24) is 20.5 Å². The molecule has 1 aromatic heterocycles. The first kappa shape index (κ1) is 20.0. The van der Waals surface area contributed by atoms with Gasteiger partial charge in [0, 0.05) is 38.3 Å². The summed E-state index contributed by atoms with van der Waals surface area (Å²) in [4.78, 5) is 30.6. The molecule has 0 saturated carbocycles. The Bertz CT molecular complexity index is 837. The second-order valence-electron chi connectivity index (χ2n) is 7.49. The van der Waals surface area contributed by atoms with Gasteiger partial charge in [-0.15, -0.1) is 0 Å². The van der Waals surface area contributed by atoms with Crippen LogP contribution in [0.5, 0.6) is 0 Å². The van der Waals surface area contributed by atoms with Crippen molar-refractivity contribution in [2.75, 3.05) is 26.7 Å². The molecule has 0 bridgehead atoms. The number of amides is 2. The van der Waals surface area contributed by atoms with Gasteiger partial charge in [0.05, 0.1) is 0 Å². The molecular weight excluding hydrogens is 352 g/mol. The van der Waals surface area contributed by atoms with Crippen LogP contribution in [0.3, 0.4) is 0 Å². The number of hydrogen-bond donors (Lipinski definition) is 2. The number of carbonyl (C=O) groups excluding carboxylic acids is 2. The lowest BCUT2D eigenvalue weighted by Gasteiger charge is -2.29. The maximum Gasteiger partial charge on any atom is 0.270 e. The monoisotopic (exact) mass is 380 g/mol. The van der Waals surface area contributed by atoms with Gasteiger partial charge in [0.15, 0.2) is 0 Å². The molecule has 2 amide bonds. The van der Waals surface area contributed by atoms with E-state index in [0.717, 1.165) is 36.2 Å². The average molecular weight is 380 g/mol. The van der Waals surface area contributed by atoms with Crippen LogP contribution in [0.2, 0.25) is 0 Å². The molecule has 1 atom stereocenters. The minimum absolute atomic E-state index is 0.0693. The van der Waals surface area contributed by atoms with Crippen molar-refractivity contribution in [2.24, 2.45) is 5.92 Å². The summed E-state index contributed by atoms with van der Waals surface area (Å²) in [5, 5.41) is 5.87. The SMILES string of the molecule is CC(=O)NCc1cccc(-c2cccnc2C(=O)NCC2CCCN(C)C2)c1. The lowest BCUT2D eigenvalue weighted by molar-refractivity contribution is -0.119. The normalized spacial score (nSPS) is 17.1. The summed E-state index contributed by atoms with van der Waals surface area (Å²) in [5.74, 6) is 0.271. The van der Waals surface area contributed by atoms with E-state index in [0.29, 0.717) is 24.7 Å². The van der Waals surface area contributed by atoms with Crippen LogP contribution < -0.4 is 10.6 Å². The fourth-order valence-electron chi connectivity index (χ4n) is 3.66. The smallest absolute Gasteiger partial charge is 0.270 e. The van der Waals surface area contributed by atoms with Crippen LogP contribution in [0.25, 0.3) is 11.1 Å². The molecule has 148 valence electrons. The number of carbonyl (C=O) groups is 2. The Morgan fingerprint density at radius 2 is 2.07 bits per heavy atom. The number of hydrogen-bond acceptors (Lipinski definition) is 4. The molecule has 1 aliphatic heterocycles. The molecule has 1 unspecified atom stereocenters. The van der Waals surface area contributed by atoms with Gasteiger partial charge in [0.1, 0.15) is 5.69 Å². The molecule has 1 saturated heterocycles. The zero-order valence-corrected chi connectivity index (χ0v) is 16.6. The van der Waals surface area contributed by atoms with Crippen molar-refractivity contribution in [3.05, 3.63) is 53.9 Å². The number of benzene rings is 1. The van der Waals surface area contributed by atoms with Crippen LogP contribution in [0, 0.1) is 5.92 Å². The third kappa shape index (κ3) is 5.39. The Hall–Kier alpha value is -2.73. The van der Waals surface area contributed by atoms with Gasteiger partial charge in [-0.25, -0.2) is 0 Å². The van der Waals surface area contributed by atoms with Gasteiger partial charge in [0.2, 0.25) is 5.91 Å². The van der Waals surface area contributed by atoms with E-state index in [1.807, 2.05) is 36.4 Å². The van der Waals surface area contributed by atoms with Crippen LogP contribution in [0.4, 0.5) is 0 Å². The van der Waals surface area contributed by atoms with Gasteiger partial charge in [-0.05, 0) is 55.6 Å². The van der Waals surface area contributed by atoms with Crippen molar-refractivity contribution < 1.29 is 9.59 Å². The number of aromatic nitrogens is 1. The Labute approximate surface area is 166 Å². The Morgan fingerprint density at radius 3 is 2.86 bits per heavy atom. The van der Waals surface area contributed by atoms with Crippen molar-refractivity contribution in [3.8, 4) is 11.1 Å². The van der Waals surface area contributed by atoms with E-state index < -0.39 is 0 Å². The fourth-order valence-corrected chi connectivity index (χ4v) is 3.66. The van der Waals surface area contributed by atoms with Gasteiger partial charge >= 0.3 is 0 Å². The highest BCUT2D eigenvalue weighted by molar-refractivity contribution is 5.98. The first-order chi connectivity index (χ1) is 13.5. The molecule has 1 fully saturated rings. The fraction of sp³-hybridized carbons (Fsp3) is 0.409. The van der Waals surface area contributed by atoms with Crippen LogP contribution in [-0.4, -0.2) is 48.4 Å². The second kappa shape index (κ2) is 9.46. The quantitative estimate of drug-likeness (QED) is 0.807. The van der Waals surface area contributed by atoms with E-state index in [-0.39, 0.29) is 11.8 Å². The summed E-state index contributed by atoms with van der Waals surface area (Å²) in [5.41, 5.74) is 3.13. The lowest BCUT2D eigenvalue weighted by Crippen LogP contribution is -2.39. The Morgan fingerprint density at radius 1 is 1.21 bits per heavy atom. The molecule has 0 spiro atoms. The van der Waals surface area contributed by atoms with Crippen molar-refractivity contribution in [2.45, 2.75) is 26.3 Å². The summed E-state index contributed by atoms with van der Waals surface area (Å²) >= 11 is 0. The summed E-state index contributed by atoms with van der Waals surface area (Å²) in [6.45, 7) is 4.77. The third-order valence-electron chi connectivity index (χ3n) is 5.08. The summed E-state index contributed by atoms with van der Waals surface area (Å²) < 4.78 is 0. The second-order valence-corrected chi connectivity index (χ2v) is 7.49.